The predicted octanol–water partition coefficient (Wildman–Crippen LogP) is -2.27. The minimum atomic E-state index is 0. The first-order valence-corrected chi connectivity index (χ1v) is 5.19. The van der Waals surface area contributed by atoms with Crippen LogP contribution >= 0.6 is 0 Å². The van der Waals surface area contributed by atoms with Crippen molar-refractivity contribution >= 4 is 6.08 Å². The quantitative estimate of drug-likeness (QED) is 0.508. The summed E-state index contributed by atoms with van der Waals surface area (Å²) in [5, 5.41) is 0. The first kappa shape index (κ1) is 17.6. The Labute approximate surface area is 139 Å². The van der Waals surface area contributed by atoms with Gasteiger partial charge in [-0.3, -0.25) is 6.08 Å². The Morgan fingerprint density at radius 3 is 2.28 bits per heavy atom. The molecule has 0 amide bonds. The largest absolute Gasteiger partial charge is 3.00 e. The Hall–Kier alpha value is -0.357. The van der Waals surface area contributed by atoms with Crippen LogP contribution in [0.4, 0.5) is 0 Å². The summed E-state index contributed by atoms with van der Waals surface area (Å²) in [6.07, 6.45) is 6.34. The summed E-state index contributed by atoms with van der Waals surface area (Å²) in [5.41, 5.74) is 5.33. The van der Waals surface area contributed by atoms with Gasteiger partial charge in [0, 0.05) is 0 Å². The van der Waals surface area contributed by atoms with Gasteiger partial charge in [-0.05, 0) is 5.56 Å². The van der Waals surface area contributed by atoms with Gasteiger partial charge in [-0.25, -0.2) is 6.08 Å². The molecule has 1 aliphatic carbocycles. The molecule has 1 radical (unpaired) electrons. The molecule has 0 N–H and O–H groups in total. The van der Waals surface area contributed by atoms with Crippen molar-refractivity contribution < 1.29 is 51.0 Å². The van der Waals surface area contributed by atoms with Crippen molar-refractivity contribution in [1.82, 2.24) is 0 Å². The molecule has 3 heteroatoms. The Morgan fingerprint density at radius 1 is 0.833 bits per heavy atom. The van der Waals surface area contributed by atoms with Gasteiger partial charge in [-0.2, -0.15) is 5.56 Å². The number of rotatable bonds is 1. The number of fused-ring (bicyclic) bond motifs is 1. The third-order valence-corrected chi connectivity index (χ3v) is 2.82. The summed E-state index contributed by atoms with van der Waals surface area (Å²) in [7, 11) is 0. The number of halogens is 2. The zero-order chi connectivity index (χ0) is 10.1. The van der Waals surface area contributed by atoms with Crippen molar-refractivity contribution in [1.29, 1.82) is 0 Å². The number of allylic oxidation sites excluding steroid dienone is 1. The van der Waals surface area contributed by atoms with Crippen LogP contribution < -0.4 is 24.8 Å². The average molecular weight is 353 g/mol. The summed E-state index contributed by atoms with van der Waals surface area (Å²) in [5.74, 6) is 0. The van der Waals surface area contributed by atoms with Crippen molar-refractivity contribution in [2.75, 3.05) is 0 Å². The minimum Gasteiger partial charge on any atom is -1.00 e. The standard InChI is InChI=1S/C15H11.2ClH.Zr/c1-2-6-12(7-3-1)14-10-4-8-13-9-5-11-15(13)14;;;/h1-4,6-8,10-11H,9H2;2*1H;/q-1;;;+3/p-2. The van der Waals surface area contributed by atoms with Gasteiger partial charge in [0.2, 0.25) is 0 Å². The van der Waals surface area contributed by atoms with E-state index in [1.807, 2.05) is 0 Å². The van der Waals surface area contributed by atoms with Crippen molar-refractivity contribution in [3.8, 4) is 11.1 Å². The second-order valence-corrected chi connectivity index (χ2v) is 3.77. The fourth-order valence-electron chi connectivity index (χ4n) is 2.07. The maximum absolute atomic E-state index is 3.27. The van der Waals surface area contributed by atoms with Crippen LogP contribution in [0.15, 0.2) is 48.5 Å². The fraction of sp³-hybridized carbons (Fsp3) is 0.0667. The van der Waals surface area contributed by atoms with Gasteiger partial charge < -0.3 is 24.8 Å². The van der Waals surface area contributed by atoms with E-state index in [1.165, 1.54) is 22.3 Å². The van der Waals surface area contributed by atoms with E-state index in [-0.39, 0.29) is 51.0 Å². The van der Waals surface area contributed by atoms with Crippen LogP contribution in [0.25, 0.3) is 17.2 Å². The average Bonchev–Trinajstić information content (AvgIpc) is 2.78. The normalized spacial score (nSPS) is 10.7. The molecule has 0 atom stereocenters. The van der Waals surface area contributed by atoms with Crippen molar-refractivity contribution in [2.24, 2.45) is 0 Å². The summed E-state index contributed by atoms with van der Waals surface area (Å²) in [6.45, 7) is 0. The van der Waals surface area contributed by atoms with Gasteiger partial charge in [-0.1, -0.05) is 54.1 Å². The second-order valence-electron chi connectivity index (χ2n) is 3.77. The summed E-state index contributed by atoms with van der Waals surface area (Å²) >= 11 is 0. The molecule has 0 bridgehead atoms. The van der Waals surface area contributed by atoms with Gasteiger partial charge in [0.1, 0.15) is 0 Å². The first-order chi connectivity index (χ1) is 7.45. The second kappa shape index (κ2) is 7.94. The first-order valence-electron chi connectivity index (χ1n) is 5.19. The molecule has 0 fully saturated rings. The number of hydrogen-bond donors (Lipinski definition) is 0. The molecule has 0 unspecified atom stereocenters. The summed E-state index contributed by atoms with van der Waals surface area (Å²) in [4.78, 5) is 0. The zero-order valence-corrected chi connectivity index (χ0v) is 13.6. The monoisotopic (exact) mass is 351 g/mol. The summed E-state index contributed by atoms with van der Waals surface area (Å²) in [6, 6.07) is 17.0. The van der Waals surface area contributed by atoms with Gasteiger partial charge in [0.15, 0.2) is 0 Å². The molecule has 2 aromatic rings. The molecule has 0 aliphatic heterocycles. The Bertz CT molecular complexity index is 521. The topological polar surface area (TPSA) is 0 Å². The van der Waals surface area contributed by atoms with E-state index >= 15 is 0 Å². The van der Waals surface area contributed by atoms with Gasteiger partial charge in [0.25, 0.3) is 0 Å². The van der Waals surface area contributed by atoms with Crippen LogP contribution in [0.1, 0.15) is 11.1 Å². The van der Waals surface area contributed by atoms with Crippen LogP contribution in [0.5, 0.6) is 0 Å². The molecule has 0 saturated carbocycles. The van der Waals surface area contributed by atoms with E-state index in [0.29, 0.717) is 0 Å². The van der Waals surface area contributed by atoms with E-state index in [4.69, 9.17) is 0 Å². The number of benzene rings is 2. The molecule has 0 spiro atoms. The molecule has 2 aromatic carbocycles. The molecule has 0 aromatic heterocycles. The van der Waals surface area contributed by atoms with Gasteiger partial charge in [0.05, 0.1) is 0 Å². The Morgan fingerprint density at radius 2 is 1.56 bits per heavy atom. The fourth-order valence-corrected chi connectivity index (χ4v) is 2.07. The van der Waals surface area contributed by atoms with E-state index in [1.54, 1.807) is 0 Å². The summed E-state index contributed by atoms with van der Waals surface area (Å²) < 4.78 is 0. The molecule has 0 saturated heterocycles. The molecule has 0 nitrogen and oxygen atoms in total. The SMILES string of the molecule is [C-]1=Cc2c(cccc2-c2ccccc2)C1.[Cl-].[Cl-].[Zr+3]. The molecule has 0 heterocycles. The maximum atomic E-state index is 3.27. The van der Waals surface area contributed by atoms with Crippen LogP contribution in [-0.4, -0.2) is 0 Å². The Balaban J connectivity index is 0.000000963. The van der Waals surface area contributed by atoms with Crippen LogP contribution in [0.3, 0.4) is 0 Å². The predicted molar refractivity (Wildman–Crippen MR) is 63.3 cm³/mol. The molecule has 3 rings (SSSR count). The zero-order valence-electron chi connectivity index (χ0n) is 9.66. The third kappa shape index (κ3) is 3.35. The maximum Gasteiger partial charge on any atom is 3.00 e. The molecular weight excluding hydrogens is 342 g/mol. The van der Waals surface area contributed by atoms with Gasteiger partial charge in [-0.15, -0.1) is 12.0 Å². The van der Waals surface area contributed by atoms with E-state index in [9.17, 15) is 0 Å². The van der Waals surface area contributed by atoms with E-state index in [0.717, 1.165) is 6.42 Å². The minimum absolute atomic E-state index is 0. The van der Waals surface area contributed by atoms with Crippen LogP contribution in [-0.2, 0) is 32.6 Å². The van der Waals surface area contributed by atoms with Crippen LogP contribution in [0.2, 0.25) is 0 Å². The molecular formula is C15H11Cl2Zr. The molecule has 89 valence electrons. The Kier molecular flexibility index (Phi) is 7.79. The van der Waals surface area contributed by atoms with Crippen molar-refractivity contribution in [3.05, 3.63) is 65.7 Å². The van der Waals surface area contributed by atoms with Crippen LogP contribution in [0, 0.1) is 6.08 Å². The molecule has 18 heavy (non-hydrogen) atoms. The van der Waals surface area contributed by atoms with Gasteiger partial charge >= 0.3 is 26.2 Å². The van der Waals surface area contributed by atoms with E-state index in [2.05, 4.69) is 60.7 Å². The number of hydrogen-bond acceptors (Lipinski definition) is 0. The van der Waals surface area contributed by atoms with Crippen molar-refractivity contribution in [3.63, 3.8) is 0 Å². The van der Waals surface area contributed by atoms with Crippen molar-refractivity contribution in [2.45, 2.75) is 6.42 Å². The third-order valence-electron chi connectivity index (χ3n) is 2.82. The smallest absolute Gasteiger partial charge is 1.00 e. The molecule has 1 aliphatic rings. The van der Waals surface area contributed by atoms with E-state index < -0.39 is 0 Å².